The topological polar surface area (TPSA) is 26.3 Å². The van der Waals surface area contributed by atoms with E-state index in [0.29, 0.717) is 0 Å². The van der Waals surface area contributed by atoms with Crippen LogP contribution in [0.4, 0.5) is 0 Å². The second kappa shape index (κ2) is 16.7. The predicted molar refractivity (Wildman–Crippen MR) is 265 cm³/mol. The molecule has 0 radical (unpaired) electrons. The van der Waals surface area contributed by atoms with Crippen LogP contribution in [0.2, 0.25) is 13.1 Å². The summed E-state index contributed by atoms with van der Waals surface area (Å²) in [7, 11) is 11.2. The van der Waals surface area contributed by atoms with Crippen molar-refractivity contribution < 1.29 is 26.8 Å². The van der Waals surface area contributed by atoms with Crippen LogP contribution in [0.1, 0.15) is 102 Å². The molecular weight excluding hydrogens is 895 g/mol. The Morgan fingerprint density at radius 2 is 0.871 bits per heavy atom. The summed E-state index contributed by atoms with van der Waals surface area (Å²) >= 11 is -1.65. The minimum Gasteiger partial charge on any atom is -0.496 e. The predicted octanol–water partition coefficient (Wildman–Crippen LogP) is 17.7. The number of benzene rings is 4. The summed E-state index contributed by atoms with van der Waals surface area (Å²) in [6.07, 6.45) is 2.35. The molecule has 0 atom stereocenters. The molecule has 320 valence electrons. The summed E-state index contributed by atoms with van der Waals surface area (Å²) in [5.41, 5.74) is 14.2. The summed E-state index contributed by atoms with van der Waals surface area (Å²) in [4.78, 5) is 0. The molecule has 0 bridgehead atoms. The summed E-state index contributed by atoms with van der Waals surface area (Å²) < 4.78 is 11.9. The molecule has 2 aromatic heterocycles. The Morgan fingerprint density at radius 3 is 1.18 bits per heavy atom. The fraction of sp³-hybridized carbons (Fsp3) is 0.321. The third kappa shape index (κ3) is 8.52. The van der Waals surface area contributed by atoms with E-state index < -0.39 is 18.0 Å². The van der Waals surface area contributed by atoms with Crippen molar-refractivity contribution in [2.24, 2.45) is 0 Å². The quantitative estimate of drug-likeness (QED) is 0.130. The molecule has 6 heteroatoms. The Morgan fingerprint density at radius 1 is 0.516 bits per heavy atom. The van der Waals surface area contributed by atoms with Crippen LogP contribution in [0, 0.1) is 13.8 Å². The first-order valence-corrected chi connectivity index (χ1v) is 34.5. The van der Waals surface area contributed by atoms with Crippen LogP contribution in [0.15, 0.2) is 130 Å². The van der Waals surface area contributed by atoms with E-state index >= 15 is 0 Å². The van der Waals surface area contributed by atoms with Crippen LogP contribution in [-0.4, -0.2) is 5.43 Å². The minimum atomic E-state index is -1.65. The van der Waals surface area contributed by atoms with Crippen molar-refractivity contribution in [2.45, 2.75) is 117 Å². The monoisotopic (exact) mass is 952 g/mol. The van der Waals surface area contributed by atoms with E-state index in [0.717, 1.165) is 23.0 Å². The SMILES string of the molecule is C[Si](C)=[Zr]([Cl])[Cl].Cc1ccc(-c2cc3c(-c4ccccc4)c4c(cc3[cH-]2)C(C)(C)CC4(C)C)o1.Cc1ccc(-c2cc3c(-c4ccccc4)c4c(cc3[cH-]2)C(C)(C)CC4(C)C)o1. The normalized spacial score (nSPS) is 16.3. The fourth-order valence-corrected chi connectivity index (χ4v) is 11.0. The van der Waals surface area contributed by atoms with Crippen LogP contribution in [0.3, 0.4) is 0 Å². The third-order valence-electron chi connectivity index (χ3n) is 13.2. The van der Waals surface area contributed by atoms with E-state index in [-0.39, 0.29) is 27.1 Å². The summed E-state index contributed by atoms with van der Waals surface area (Å²) in [6.45, 7) is 27.5. The number of halogens is 2. The Hall–Kier alpha value is -3.66. The van der Waals surface area contributed by atoms with Crippen molar-refractivity contribution in [1.82, 2.24) is 0 Å². The fourth-order valence-electron chi connectivity index (χ4n) is 11.0. The number of rotatable bonds is 4. The van der Waals surface area contributed by atoms with E-state index in [9.17, 15) is 0 Å². The summed E-state index contributed by atoms with van der Waals surface area (Å²) in [5, 5.41) is 5.29. The van der Waals surface area contributed by atoms with Gasteiger partial charge in [-0.1, -0.05) is 138 Å². The van der Waals surface area contributed by atoms with Crippen molar-refractivity contribution in [3.8, 4) is 44.9 Å². The van der Waals surface area contributed by atoms with Crippen LogP contribution in [0.25, 0.3) is 66.4 Å². The molecule has 0 aliphatic heterocycles. The Kier molecular flexibility index (Phi) is 12.1. The van der Waals surface area contributed by atoms with Crippen LogP contribution < -0.4 is 0 Å². The average Bonchev–Trinajstić information content (AvgIpc) is 4.06. The van der Waals surface area contributed by atoms with Crippen LogP contribution in [0.5, 0.6) is 0 Å². The van der Waals surface area contributed by atoms with Crippen molar-refractivity contribution in [2.75, 3.05) is 0 Å². The minimum absolute atomic E-state index is 0.150. The molecular formula is C56H60Cl2O2SiZr-2. The van der Waals surface area contributed by atoms with E-state index in [1.165, 1.54) is 90.0 Å². The van der Waals surface area contributed by atoms with E-state index in [1.54, 1.807) is 0 Å². The molecule has 2 nitrogen and oxygen atoms in total. The van der Waals surface area contributed by atoms with Gasteiger partial charge in [0.2, 0.25) is 0 Å². The van der Waals surface area contributed by atoms with E-state index in [2.05, 4.69) is 178 Å². The largest absolute Gasteiger partial charge is 0.496 e. The first-order chi connectivity index (χ1) is 29.2. The summed E-state index contributed by atoms with van der Waals surface area (Å²) in [5.74, 6) is 3.80. The summed E-state index contributed by atoms with van der Waals surface area (Å²) in [6, 6.07) is 44.1. The molecule has 0 saturated heterocycles. The van der Waals surface area contributed by atoms with Gasteiger partial charge >= 0.3 is 53.5 Å². The van der Waals surface area contributed by atoms with Gasteiger partial charge in [-0.3, -0.25) is 0 Å². The second-order valence-electron chi connectivity index (χ2n) is 20.5. The van der Waals surface area contributed by atoms with E-state index in [4.69, 9.17) is 25.9 Å². The van der Waals surface area contributed by atoms with Gasteiger partial charge in [-0.2, -0.15) is 0 Å². The molecule has 62 heavy (non-hydrogen) atoms. The van der Waals surface area contributed by atoms with Gasteiger partial charge in [0.05, 0.1) is 23.0 Å². The molecule has 0 spiro atoms. The Balaban J connectivity index is 0.000000151. The van der Waals surface area contributed by atoms with Crippen LogP contribution >= 0.6 is 17.0 Å². The average molecular weight is 955 g/mol. The number of furan rings is 2. The van der Waals surface area contributed by atoms with Gasteiger partial charge < -0.3 is 8.83 Å². The van der Waals surface area contributed by atoms with Gasteiger partial charge in [-0.05, 0) is 106 Å². The third-order valence-corrected chi connectivity index (χ3v) is 32.9. The van der Waals surface area contributed by atoms with Gasteiger partial charge in [0.1, 0.15) is 0 Å². The van der Waals surface area contributed by atoms with Crippen molar-refractivity contribution in [3.05, 3.63) is 155 Å². The molecule has 0 fully saturated rings. The maximum Gasteiger partial charge on any atom is 0.0896 e. The van der Waals surface area contributed by atoms with Gasteiger partial charge in [0.15, 0.2) is 0 Å². The standard InChI is InChI=1S/2C27H27O.C2H6Si.2ClH.Zr/c2*1-17-11-12-23(28-17)20-13-19-15-22-25(27(4,5)16-26(22,2)3)24(21(19)14-20)18-9-7-6-8-10-18;1-3-2;;;/h2*6-15H,16H2,1-5H3;1-2H3;2*1H;/q2*-1;;;;+2/p-2. The van der Waals surface area contributed by atoms with Gasteiger partial charge in [0, 0.05) is 0 Å². The molecule has 6 aromatic carbocycles. The van der Waals surface area contributed by atoms with Crippen molar-refractivity contribution in [3.63, 3.8) is 0 Å². The molecule has 2 aliphatic carbocycles. The number of aryl methyl sites for hydroxylation is 2. The van der Waals surface area contributed by atoms with Crippen molar-refractivity contribution in [1.29, 1.82) is 0 Å². The number of hydrogen-bond donors (Lipinski definition) is 0. The Bertz CT molecular complexity index is 2760. The number of hydrogen-bond acceptors (Lipinski definition) is 2. The molecule has 0 unspecified atom stereocenters. The smallest absolute Gasteiger partial charge is 0.0896 e. The van der Waals surface area contributed by atoms with Crippen LogP contribution in [-0.2, 0) is 39.6 Å². The Labute approximate surface area is 384 Å². The van der Waals surface area contributed by atoms with E-state index in [1.807, 2.05) is 26.0 Å². The maximum absolute atomic E-state index is 5.93. The first-order valence-electron chi connectivity index (χ1n) is 22.0. The molecule has 0 amide bonds. The van der Waals surface area contributed by atoms with Gasteiger partial charge in [-0.25, -0.2) is 0 Å². The molecule has 10 rings (SSSR count). The molecule has 8 aromatic rings. The maximum atomic E-state index is 5.93. The van der Waals surface area contributed by atoms with Gasteiger partial charge in [-0.15, -0.1) is 57.9 Å². The second-order valence-corrected chi connectivity index (χ2v) is 43.5. The molecule has 0 N–H and O–H groups in total. The zero-order chi connectivity index (χ0) is 44.5. The van der Waals surface area contributed by atoms with Crippen molar-refractivity contribution >= 4 is 44.0 Å². The zero-order valence-electron chi connectivity index (χ0n) is 38.5. The number of fused-ring (bicyclic) bond motifs is 4. The molecule has 2 aliphatic rings. The molecule has 0 saturated carbocycles. The zero-order valence-corrected chi connectivity index (χ0v) is 43.5. The molecule has 2 heterocycles. The van der Waals surface area contributed by atoms with Gasteiger partial charge in [0.25, 0.3) is 0 Å². The first kappa shape index (κ1) is 44.9.